The van der Waals surface area contributed by atoms with E-state index in [1.165, 1.54) is 6.07 Å². The van der Waals surface area contributed by atoms with Gasteiger partial charge in [0.25, 0.3) is 0 Å². The van der Waals surface area contributed by atoms with Crippen molar-refractivity contribution in [3.8, 4) is 0 Å². The van der Waals surface area contributed by atoms with Crippen LogP contribution < -0.4 is 0 Å². The lowest BCUT2D eigenvalue weighted by Crippen LogP contribution is -2.13. The van der Waals surface area contributed by atoms with E-state index < -0.39 is 16.8 Å². The van der Waals surface area contributed by atoms with Gasteiger partial charge in [0.1, 0.15) is 0 Å². The van der Waals surface area contributed by atoms with Gasteiger partial charge in [0, 0.05) is 9.72 Å². The van der Waals surface area contributed by atoms with Crippen LogP contribution in [-0.2, 0) is 10.8 Å². The maximum atomic E-state index is 12.1. The summed E-state index contributed by atoms with van der Waals surface area (Å²) in [4.78, 5) is 11.4. The van der Waals surface area contributed by atoms with E-state index >= 15 is 0 Å². The number of carbonyl (C=O) groups is 1. The van der Waals surface area contributed by atoms with Crippen LogP contribution in [0.4, 0.5) is 0 Å². The van der Waals surface area contributed by atoms with Crippen molar-refractivity contribution in [2.24, 2.45) is 0 Å². The van der Waals surface area contributed by atoms with Crippen LogP contribution in [0.3, 0.4) is 0 Å². The molecule has 0 aliphatic carbocycles. The van der Waals surface area contributed by atoms with Crippen LogP contribution >= 0.6 is 15.9 Å². The van der Waals surface area contributed by atoms with Crippen molar-refractivity contribution in [2.75, 3.05) is 0 Å². The predicted octanol–water partition coefficient (Wildman–Crippen LogP) is 3.05. The lowest BCUT2D eigenvalue weighted by atomic mass is 10.2. The first-order chi connectivity index (χ1) is 7.47. The second kappa shape index (κ2) is 5.59. The van der Waals surface area contributed by atoms with Gasteiger partial charge < -0.3 is 5.11 Å². The Hall–Kier alpha value is -0.680. The second-order valence-electron chi connectivity index (χ2n) is 3.46. The molecule has 0 aliphatic heterocycles. The van der Waals surface area contributed by atoms with Crippen molar-refractivity contribution in [1.29, 1.82) is 0 Å². The lowest BCUT2D eigenvalue weighted by Gasteiger charge is -2.11. The van der Waals surface area contributed by atoms with Crippen LogP contribution in [0.25, 0.3) is 0 Å². The molecule has 0 heterocycles. The minimum atomic E-state index is -1.28. The zero-order chi connectivity index (χ0) is 12.3. The van der Waals surface area contributed by atoms with Gasteiger partial charge in [0.15, 0.2) is 0 Å². The first-order valence-electron chi connectivity index (χ1n) is 4.90. The minimum absolute atomic E-state index is 0.0487. The summed E-state index contributed by atoms with van der Waals surface area (Å²) < 4.78 is 12.8. The molecule has 0 saturated heterocycles. The number of halogens is 1. The molecule has 0 radical (unpaired) electrons. The molecule has 1 aromatic rings. The molecule has 16 heavy (non-hydrogen) atoms. The van der Waals surface area contributed by atoms with Crippen molar-refractivity contribution in [1.82, 2.24) is 0 Å². The molecule has 2 unspecified atom stereocenters. The van der Waals surface area contributed by atoms with E-state index in [9.17, 15) is 9.00 Å². The average molecular weight is 305 g/mol. The van der Waals surface area contributed by atoms with Crippen LogP contribution in [0.15, 0.2) is 27.6 Å². The average Bonchev–Trinajstić information content (AvgIpc) is 2.26. The monoisotopic (exact) mass is 304 g/mol. The van der Waals surface area contributed by atoms with Gasteiger partial charge in [-0.1, -0.05) is 29.8 Å². The normalized spacial score (nSPS) is 14.4. The van der Waals surface area contributed by atoms with Crippen molar-refractivity contribution >= 4 is 32.7 Å². The maximum absolute atomic E-state index is 12.1. The lowest BCUT2D eigenvalue weighted by molar-refractivity contribution is 0.0693. The fourth-order valence-electron chi connectivity index (χ4n) is 1.21. The molecular formula is C11H13BrO3S. The molecule has 88 valence electrons. The summed E-state index contributed by atoms with van der Waals surface area (Å²) in [5.41, 5.74) is 0.113. The third kappa shape index (κ3) is 2.92. The zero-order valence-electron chi connectivity index (χ0n) is 9.07. The standard InChI is InChI=1S/C11H13BrO3S/c1-3-7(2)16(15)10-6-8(12)4-5-9(10)11(13)14/h4-7H,3H2,1-2H3,(H,13,14). The topological polar surface area (TPSA) is 54.4 Å². The van der Waals surface area contributed by atoms with E-state index in [4.69, 9.17) is 5.11 Å². The van der Waals surface area contributed by atoms with Gasteiger partial charge in [0.2, 0.25) is 0 Å². The first-order valence-corrected chi connectivity index (χ1v) is 6.91. The highest BCUT2D eigenvalue weighted by molar-refractivity contribution is 9.10. The van der Waals surface area contributed by atoms with Gasteiger partial charge in [-0.3, -0.25) is 4.21 Å². The number of hydrogen-bond donors (Lipinski definition) is 1. The Balaban J connectivity index is 3.24. The molecule has 0 bridgehead atoms. The number of benzene rings is 1. The quantitative estimate of drug-likeness (QED) is 0.930. The van der Waals surface area contributed by atoms with E-state index in [1.807, 2.05) is 13.8 Å². The molecule has 3 nitrogen and oxygen atoms in total. The molecule has 5 heteroatoms. The van der Waals surface area contributed by atoms with Crippen molar-refractivity contribution in [3.63, 3.8) is 0 Å². The molecule has 0 fully saturated rings. The van der Waals surface area contributed by atoms with Crippen molar-refractivity contribution in [2.45, 2.75) is 30.4 Å². The van der Waals surface area contributed by atoms with Crippen LogP contribution in [0.1, 0.15) is 30.6 Å². The highest BCUT2D eigenvalue weighted by Crippen LogP contribution is 2.23. The molecule has 1 N–H and O–H groups in total. The molecule has 0 spiro atoms. The third-order valence-electron chi connectivity index (χ3n) is 2.33. The minimum Gasteiger partial charge on any atom is -0.478 e. The Kier molecular flexibility index (Phi) is 4.68. The summed E-state index contributed by atoms with van der Waals surface area (Å²) in [6.07, 6.45) is 0.748. The fourth-order valence-corrected chi connectivity index (χ4v) is 3.07. The van der Waals surface area contributed by atoms with E-state index in [1.54, 1.807) is 12.1 Å². The SMILES string of the molecule is CCC(C)S(=O)c1cc(Br)ccc1C(=O)O. The molecule has 1 rings (SSSR count). The van der Waals surface area contributed by atoms with Crippen LogP contribution in [0.5, 0.6) is 0 Å². The van der Waals surface area contributed by atoms with Gasteiger partial charge in [-0.25, -0.2) is 4.79 Å². The number of carboxylic acid groups (broad SMARTS) is 1. The Bertz CT molecular complexity index is 431. The Morgan fingerprint density at radius 1 is 1.56 bits per heavy atom. The van der Waals surface area contributed by atoms with Gasteiger partial charge in [-0.05, 0) is 24.6 Å². The van der Waals surface area contributed by atoms with E-state index in [0.29, 0.717) is 4.90 Å². The highest BCUT2D eigenvalue weighted by Gasteiger charge is 2.19. The highest BCUT2D eigenvalue weighted by atomic mass is 79.9. The molecule has 0 amide bonds. The summed E-state index contributed by atoms with van der Waals surface area (Å²) in [5, 5.41) is 8.96. The first kappa shape index (κ1) is 13.4. The van der Waals surface area contributed by atoms with Gasteiger partial charge in [-0.2, -0.15) is 0 Å². The van der Waals surface area contributed by atoms with Crippen LogP contribution in [0.2, 0.25) is 0 Å². The van der Waals surface area contributed by atoms with Gasteiger partial charge >= 0.3 is 5.97 Å². The largest absolute Gasteiger partial charge is 0.478 e. The summed E-state index contributed by atoms with van der Waals surface area (Å²) >= 11 is 3.26. The zero-order valence-corrected chi connectivity index (χ0v) is 11.5. The maximum Gasteiger partial charge on any atom is 0.336 e. The van der Waals surface area contributed by atoms with Crippen molar-refractivity contribution < 1.29 is 14.1 Å². The number of hydrogen-bond acceptors (Lipinski definition) is 2. The molecule has 0 aromatic heterocycles. The van der Waals surface area contributed by atoms with Crippen LogP contribution in [0, 0.1) is 0 Å². The summed E-state index contributed by atoms with van der Waals surface area (Å²) in [5.74, 6) is -1.04. The van der Waals surface area contributed by atoms with E-state index in [-0.39, 0.29) is 10.8 Å². The number of aromatic carboxylic acids is 1. The Labute approximate surface area is 105 Å². The summed E-state index contributed by atoms with van der Waals surface area (Å²) in [6, 6.07) is 4.73. The summed E-state index contributed by atoms with van der Waals surface area (Å²) in [7, 11) is -1.28. The Morgan fingerprint density at radius 3 is 2.69 bits per heavy atom. The Morgan fingerprint density at radius 2 is 2.19 bits per heavy atom. The number of rotatable bonds is 4. The predicted molar refractivity (Wildman–Crippen MR) is 67.3 cm³/mol. The molecular weight excluding hydrogens is 292 g/mol. The van der Waals surface area contributed by atoms with E-state index in [2.05, 4.69) is 15.9 Å². The molecule has 1 aromatic carbocycles. The van der Waals surface area contributed by atoms with Gasteiger partial charge in [0.05, 0.1) is 21.3 Å². The number of carboxylic acids is 1. The van der Waals surface area contributed by atoms with Crippen LogP contribution in [-0.4, -0.2) is 20.5 Å². The summed E-state index contributed by atoms with van der Waals surface area (Å²) in [6.45, 7) is 3.78. The fraction of sp³-hybridized carbons (Fsp3) is 0.364. The second-order valence-corrected chi connectivity index (χ2v) is 6.22. The van der Waals surface area contributed by atoms with Gasteiger partial charge in [-0.15, -0.1) is 0 Å². The third-order valence-corrected chi connectivity index (χ3v) is 4.66. The van der Waals surface area contributed by atoms with E-state index in [0.717, 1.165) is 10.9 Å². The molecule has 0 saturated carbocycles. The van der Waals surface area contributed by atoms with Crippen molar-refractivity contribution in [3.05, 3.63) is 28.2 Å². The smallest absolute Gasteiger partial charge is 0.336 e. The molecule has 2 atom stereocenters. The molecule has 0 aliphatic rings.